The van der Waals surface area contributed by atoms with Crippen LogP contribution in [0.1, 0.15) is 11.1 Å². The molecule has 0 saturated carbocycles. The Kier molecular flexibility index (Phi) is 3.69. The summed E-state index contributed by atoms with van der Waals surface area (Å²) >= 11 is 4.29. The SMILES string of the molecule is O=S1(=O)c2c(I)cc(I)cc2OC2Cc3ccccc3CC21. The molecular weight excluding hydrogens is 526 g/mol. The zero-order valence-corrected chi connectivity index (χ0v) is 16.6. The van der Waals surface area contributed by atoms with E-state index in [2.05, 4.69) is 51.2 Å². The van der Waals surface area contributed by atoms with Gasteiger partial charge in [0.25, 0.3) is 0 Å². The van der Waals surface area contributed by atoms with Crippen LogP contribution in [0, 0.1) is 7.14 Å². The van der Waals surface area contributed by atoms with E-state index in [9.17, 15) is 8.42 Å². The van der Waals surface area contributed by atoms with E-state index >= 15 is 0 Å². The molecule has 0 radical (unpaired) electrons. The molecule has 0 amide bonds. The van der Waals surface area contributed by atoms with E-state index in [0.717, 1.165) is 12.7 Å². The molecule has 0 aromatic heterocycles. The molecule has 4 rings (SSSR count). The minimum Gasteiger partial charge on any atom is -0.487 e. The van der Waals surface area contributed by atoms with Crippen LogP contribution < -0.4 is 4.74 Å². The molecule has 0 spiro atoms. The number of ether oxygens (including phenoxy) is 1. The van der Waals surface area contributed by atoms with Crippen molar-refractivity contribution >= 4 is 55.0 Å². The molecule has 0 bridgehead atoms. The molecular formula is C16H12I2O3S. The van der Waals surface area contributed by atoms with Gasteiger partial charge >= 0.3 is 0 Å². The van der Waals surface area contributed by atoms with Crippen molar-refractivity contribution in [1.29, 1.82) is 0 Å². The molecule has 6 heteroatoms. The molecule has 2 aliphatic rings. The third-order valence-electron chi connectivity index (χ3n) is 4.31. The number of fused-ring (bicyclic) bond motifs is 3. The summed E-state index contributed by atoms with van der Waals surface area (Å²) < 4.78 is 34.0. The fourth-order valence-electron chi connectivity index (χ4n) is 3.29. The Balaban J connectivity index is 1.88. The highest BCUT2D eigenvalue weighted by Gasteiger charge is 2.46. The lowest BCUT2D eigenvalue weighted by Gasteiger charge is -2.37. The van der Waals surface area contributed by atoms with Crippen molar-refractivity contribution in [2.24, 2.45) is 0 Å². The van der Waals surface area contributed by atoms with E-state index in [4.69, 9.17) is 4.74 Å². The molecule has 2 aromatic carbocycles. The molecule has 2 aromatic rings. The quantitative estimate of drug-likeness (QED) is 0.482. The van der Waals surface area contributed by atoms with Crippen LogP contribution in [0.5, 0.6) is 5.75 Å². The summed E-state index contributed by atoms with van der Waals surface area (Å²) in [5.41, 5.74) is 2.32. The van der Waals surface area contributed by atoms with Gasteiger partial charge in [0.2, 0.25) is 0 Å². The van der Waals surface area contributed by atoms with E-state index < -0.39 is 15.1 Å². The normalized spacial score (nSPS) is 24.6. The summed E-state index contributed by atoms with van der Waals surface area (Å²) in [7, 11) is -3.37. The smallest absolute Gasteiger partial charge is 0.189 e. The topological polar surface area (TPSA) is 43.4 Å². The predicted molar refractivity (Wildman–Crippen MR) is 101 cm³/mol. The zero-order valence-electron chi connectivity index (χ0n) is 11.4. The van der Waals surface area contributed by atoms with Gasteiger partial charge in [-0.05, 0) is 74.9 Å². The zero-order chi connectivity index (χ0) is 15.5. The van der Waals surface area contributed by atoms with Crippen molar-refractivity contribution in [3.63, 3.8) is 0 Å². The molecule has 3 nitrogen and oxygen atoms in total. The standard InChI is InChI=1S/C16H12I2O3S/c17-11-7-12(18)16-14(8-11)21-13-5-9-3-1-2-4-10(9)6-15(13)22(16,19)20/h1-4,7-8,13,15H,5-6H2. The first kappa shape index (κ1) is 15.2. The minimum atomic E-state index is -3.37. The molecule has 22 heavy (non-hydrogen) atoms. The fourth-order valence-corrected chi connectivity index (χ4v) is 7.98. The second kappa shape index (κ2) is 5.34. The fraction of sp³-hybridized carbons (Fsp3) is 0.250. The highest BCUT2D eigenvalue weighted by atomic mass is 127. The summed E-state index contributed by atoms with van der Waals surface area (Å²) in [6, 6.07) is 11.8. The van der Waals surface area contributed by atoms with Crippen LogP contribution in [0.15, 0.2) is 41.3 Å². The van der Waals surface area contributed by atoms with E-state index in [-0.39, 0.29) is 6.10 Å². The number of hydrogen-bond donors (Lipinski definition) is 0. The molecule has 1 aliphatic carbocycles. The largest absolute Gasteiger partial charge is 0.487 e. The average molecular weight is 538 g/mol. The van der Waals surface area contributed by atoms with Crippen LogP contribution in [0.25, 0.3) is 0 Å². The van der Waals surface area contributed by atoms with Gasteiger partial charge in [0.1, 0.15) is 22.0 Å². The van der Waals surface area contributed by atoms with Gasteiger partial charge in [-0.25, -0.2) is 8.42 Å². The third kappa shape index (κ3) is 2.29. The van der Waals surface area contributed by atoms with Crippen molar-refractivity contribution in [1.82, 2.24) is 0 Å². The Morgan fingerprint density at radius 2 is 1.73 bits per heavy atom. The van der Waals surface area contributed by atoms with Crippen LogP contribution in [0.2, 0.25) is 0 Å². The summed E-state index contributed by atoms with van der Waals surface area (Å²) in [5, 5.41) is -0.483. The second-order valence-corrected chi connectivity index (χ2v) is 10.1. The van der Waals surface area contributed by atoms with Gasteiger partial charge in [-0.1, -0.05) is 24.3 Å². The lowest BCUT2D eigenvalue weighted by molar-refractivity contribution is 0.173. The number of hydrogen-bond acceptors (Lipinski definition) is 3. The second-order valence-electron chi connectivity index (χ2n) is 5.63. The summed E-state index contributed by atoms with van der Waals surface area (Å²) in [6.45, 7) is 0. The van der Waals surface area contributed by atoms with Gasteiger partial charge in [0, 0.05) is 13.6 Å². The maximum absolute atomic E-state index is 13.1. The minimum absolute atomic E-state index is 0.290. The van der Waals surface area contributed by atoms with Crippen molar-refractivity contribution in [3.05, 3.63) is 54.7 Å². The molecule has 2 atom stereocenters. The Bertz CT molecular complexity index is 877. The van der Waals surface area contributed by atoms with Crippen molar-refractivity contribution < 1.29 is 13.2 Å². The molecule has 2 unspecified atom stereocenters. The van der Waals surface area contributed by atoms with Crippen LogP contribution in [0.4, 0.5) is 0 Å². The highest BCUT2D eigenvalue weighted by Crippen LogP contribution is 2.42. The molecule has 114 valence electrons. The lowest BCUT2D eigenvalue weighted by atomic mass is 9.89. The van der Waals surface area contributed by atoms with Gasteiger partial charge in [-0.15, -0.1) is 0 Å². The predicted octanol–water partition coefficient (Wildman–Crippen LogP) is 3.60. The first-order valence-electron chi connectivity index (χ1n) is 6.93. The van der Waals surface area contributed by atoms with Crippen LogP contribution in [-0.4, -0.2) is 19.8 Å². The lowest BCUT2D eigenvalue weighted by Crippen LogP contribution is -2.47. The molecule has 0 fully saturated rings. The Morgan fingerprint density at radius 1 is 1.05 bits per heavy atom. The van der Waals surface area contributed by atoms with Gasteiger partial charge in [-0.2, -0.15) is 0 Å². The Hall–Kier alpha value is -0.350. The van der Waals surface area contributed by atoms with Crippen LogP contribution in [0.3, 0.4) is 0 Å². The van der Waals surface area contributed by atoms with Gasteiger partial charge in [0.05, 0.1) is 0 Å². The number of benzene rings is 2. The van der Waals surface area contributed by atoms with Crippen molar-refractivity contribution in [2.45, 2.75) is 29.1 Å². The maximum atomic E-state index is 13.1. The molecule has 0 N–H and O–H groups in total. The van der Waals surface area contributed by atoms with Gasteiger partial charge in [-0.3, -0.25) is 0 Å². The third-order valence-corrected chi connectivity index (χ3v) is 8.41. The van der Waals surface area contributed by atoms with E-state index in [1.807, 2.05) is 30.3 Å². The average Bonchev–Trinajstić information content (AvgIpc) is 2.44. The van der Waals surface area contributed by atoms with E-state index in [1.165, 1.54) is 5.56 Å². The number of rotatable bonds is 0. The molecule has 0 saturated heterocycles. The van der Waals surface area contributed by atoms with Crippen LogP contribution >= 0.6 is 45.2 Å². The highest BCUT2D eigenvalue weighted by molar-refractivity contribution is 14.1. The van der Waals surface area contributed by atoms with Crippen molar-refractivity contribution in [3.8, 4) is 5.75 Å². The first-order chi connectivity index (χ1) is 10.5. The summed E-state index contributed by atoms with van der Waals surface area (Å²) in [6.07, 6.45) is 0.896. The Labute approximate surface area is 156 Å². The van der Waals surface area contributed by atoms with E-state index in [1.54, 1.807) is 0 Å². The molecule has 1 aliphatic heterocycles. The number of sulfone groups is 1. The van der Waals surface area contributed by atoms with Crippen molar-refractivity contribution in [2.75, 3.05) is 0 Å². The Morgan fingerprint density at radius 3 is 2.45 bits per heavy atom. The first-order valence-corrected chi connectivity index (χ1v) is 10.6. The monoisotopic (exact) mass is 538 g/mol. The van der Waals surface area contributed by atoms with Gasteiger partial charge in [0.15, 0.2) is 9.84 Å². The van der Waals surface area contributed by atoms with Gasteiger partial charge < -0.3 is 4.74 Å². The summed E-state index contributed by atoms with van der Waals surface area (Å²) in [4.78, 5) is 0.370. The maximum Gasteiger partial charge on any atom is 0.189 e. The summed E-state index contributed by atoms with van der Waals surface area (Å²) in [5.74, 6) is 0.511. The van der Waals surface area contributed by atoms with Crippen LogP contribution in [-0.2, 0) is 22.7 Å². The number of halogens is 2. The molecule has 1 heterocycles. The van der Waals surface area contributed by atoms with E-state index in [0.29, 0.717) is 23.5 Å².